The van der Waals surface area contributed by atoms with Crippen molar-refractivity contribution < 1.29 is 17.6 Å². The third kappa shape index (κ3) is 2.20. The molecule has 3 rings (SSSR count). The van der Waals surface area contributed by atoms with Crippen molar-refractivity contribution in [1.82, 2.24) is 9.88 Å². The van der Waals surface area contributed by atoms with Crippen LogP contribution in [0.1, 0.15) is 30.2 Å². The summed E-state index contributed by atoms with van der Waals surface area (Å²) in [4.78, 5) is 5.97. The lowest BCUT2D eigenvalue weighted by Crippen LogP contribution is -2.16. The van der Waals surface area contributed by atoms with Gasteiger partial charge in [0.25, 0.3) is 0 Å². The Labute approximate surface area is 108 Å². The van der Waals surface area contributed by atoms with E-state index < -0.39 is 11.7 Å². The first kappa shape index (κ1) is 12.5. The summed E-state index contributed by atoms with van der Waals surface area (Å²) in [5.41, 5.74) is -0.103. The van der Waals surface area contributed by atoms with Crippen LogP contribution in [0.2, 0.25) is 0 Å². The molecule has 0 aliphatic carbocycles. The van der Waals surface area contributed by atoms with Crippen LogP contribution in [-0.4, -0.2) is 23.5 Å². The van der Waals surface area contributed by atoms with Gasteiger partial charge in [0.2, 0.25) is 0 Å². The van der Waals surface area contributed by atoms with Crippen LogP contribution in [0.4, 0.5) is 13.2 Å². The van der Waals surface area contributed by atoms with Gasteiger partial charge in [-0.3, -0.25) is 9.88 Å². The lowest BCUT2D eigenvalue weighted by molar-refractivity contribution is -0.137. The number of likely N-dealkylation sites (tertiary alicyclic amines) is 1. The Morgan fingerprint density at radius 1 is 1.37 bits per heavy atom. The molecule has 0 aromatic carbocycles. The van der Waals surface area contributed by atoms with Gasteiger partial charge >= 0.3 is 6.18 Å². The van der Waals surface area contributed by atoms with Gasteiger partial charge in [-0.25, -0.2) is 0 Å². The first-order valence-electron chi connectivity index (χ1n) is 6.12. The number of rotatable bonds is 1. The topological polar surface area (TPSA) is 29.3 Å². The molecule has 6 heteroatoms. The van der Waals surface area contributed by atoms with E-state index in [1.54, 1.807) is 6.07 Å². The highest BCUT2D eigenvalue weighted by Gasteiger charge is 2.32. The lowest BCUT2D eigenvalue weighted by atomic mass is 10.1. The summed E-state index contributed by atoms with van der Waals surface area (Å²) in [5, 5.41) is 0. The van der Waals surface area contributed by atoms with E-state index in [1.165, 1.54) is 0 Å². The maximum Gasteiger partial charge on any atom is 0.418 e. The second-order valence-electron chi connectivity index (χ2n) is 4.89. The Morgan fingerprint density at radius 3 is 2.79 bits per heavy atom. The number of nitrogens with zero attached hydrogens (tertiary/aromatic N) is 2. The fourth-order valence-corrected chi connectivity index (χ4v) is 2.53. The normalized spacial score (nSPS) is 21.4. The van der Waals surface area contributed by atoms with Gasteiger partial charge in [0.1, 0.15) is 11.3 Å². The number of furan rings is 1. The second kappa shape index (κ2) is 4.23. The van der Waals surface area contributed by atoms with E-state index in [1.807, 2.05) is 7.05 Å². The Bertz CT molecular complexity index is 605. The number of fused-ring (bicyclic) bond motifs is 1. The third-order valence-electron chi connectivity index (χ3n) is 3.56. The number of alkyl halides is 3. The molecule has 0 N–H and O–H groups in total. The average molecular weight is 270 g/mol. The Hall–Kier alpha value is -1.56. The largest absolute Gasteiger partial charge is 0.458 e. The molecular formula is C13H13F3N2O. The predicted molar refractivity (Wildman–Crippen MR) is 63.6 cm³/mol. The van der Waals surface area contributed by atoms with Crippen molar-refractivity contribution in [2.75, 3.05) is 13.6 Å². The minimum Gasteiger partial charge on any atom is -0.458 e. The minimum absolute atomic E-state index is 0.142. The zero-order valence-corrected chi connectivity index (χ0v) is 10.4. The van der Waals surface area contributed by atoms with E-state index >= 15 is 0 Å². The highest BCUT2D eigenvalue weighted by molar-refractivity contribution is 5.74. The number of halogens is 3. The molecule has 1 unspecified atom stereocenters. The maximum absolute atomic E-state index is 12.6. The van der Waals surface area contributed by atoms with Gasteiger partial charge in [0.15, 0.2) is 5.58 Å². The van der Waals surface area contributed by atoms with Crippen LogP contribution >= 0.6 is 0 Å². The van der Waals surface area contributed by atoms with Crippen molar-refractivity contribution in [1.29, 1.82) is 0 Å². The molecule has 102 valence electrons. The number of hydrogen-bond donors (Lipinski definition) is 0. The van der Waals surface area contributed by atoms with Crippen LogP contribution in [0.15, 0.2) is 22.7 Å². The van der Waals surface area contributed by atoms with Crippen LogP contribution < -0.4 is 0 Å². The van der Waals surface area contributed by atoms with Gasteiger partial charge in [-0.05, 0) is 32.5 Å². The molecule has 1 aliphatic rings. The molecule has 1 atom stereocenters. The molecular weight excluding hydrogens is 257 g/mol. The second-order valence-corrected chi connectivity index (χ2v) is 4.89. The summed E-state index contributed by atoms with van der Waals surface area (Å²) in [6.07, 6.45) is -1.51. The Kier molecular flexibility index (Phi) is 2.78. The molecule has 1 aliphatic heterocycles. The molecule has 3 heterocycles. The van der Waals surface area contributed by atoms with Crippen LogP contribution in [0.25, 0.3) is 11.1 Å². The molecule has 0 saturated carbocycles. The van der Waals surface area contributed by atoms with E-state index in [2.05, 4.69) is 9.88 Å². The monoisotopic (exact) mass is 270 g/mol. The summed E-state index contributed by atoms with van der Waals surface area (Å²) < 4.78 is 43.3. The van der Waals surface area contributed by atoms with Crippen molar-refractivity contribution in [2.24, 2.45) is 0 Å². The summed E-state index contributed by atoms with van der Waals surface area (Å²) in [6, 6.07) is 2.89. The lowest BCUT2D eigenvalue weighted by Gasteiger charge is -2.16. The van der Waals surface area contributed by atoms with Gasteiger partial charge in [-0.15, -0.1) is 0 Å². The Morgan fingerprint density at radius 2 is 2.16 bits per heavy atom. The predicted octanol–water partition coefficient (Wildman–Crippen LogP) is 3.61. The SMILES string of the molecule is CN1CCCC1c1cc2ncc(C(F)(F)F)cc2o1. The van der Waals surface area contributed by atoms with Crippen LogP contribution in [0.5, 0.6) is 0 Å². The van der Waals surface area contributed by atoms with Crippen LogP contribution in [-0.2, 0) is 6.18 Å². The maximum atomic E-state index is 12.6. The van der Waals surface area contributed by atoms with Crippen molar-refractivity contribution >= 4 is 11.1 Å². The smallest absolute Gasteiger partial charge is 0.418 e. The van der Waals surface area contributed by atoms with Gasteiger partial charge in [0.05, 0.1) is 11.6 Å². The van der Waals surface area contributed by atoms with Crippen LogP contribution in [0, 0.1) is 0 Å². The van der Waals surface area contributed by atoms with E-state index in [0.717, 1.165) is 31.6 Å². The first-order valence-corrected chi connectivity index (χ1v) is 6.12. The Balaban J connectivity index is 2.01. The summed E-state index contributed by atoms with van der Waals surface area (Å²) in [5.74, 6) is 0.696. The van der Waals surface area contributed by atoms with Gasteiger partial charge in [-0.2, -0.15) is 13.2 Å². The molecule has 0 radical (unpaired) electrons. The number of hydrogen-bond acceptors (Lipinski definition) is 3. The van der Waals surface area contributed by atoms with Crippen molar-refractivity contribution in [3.8, 4) is 0 Å². The summed E-state index contributed by atoms with van der Waals surface area (Å²) in [6.45, 7) is 0.975. The zero-order valence-electron chi connectivity index (χ0n) is 10.4. The molecule has 0 bridgehead atoms. The first-order chi connectivity index (χ1) is 8.95. The molecule has 19 heavy (non-hydrogen) atoms. The standard InChI is InChI=1S/C13H13F3N2O/c1-18-4-2-3-10(18)12-6-9-11(19-12)5-8(7-17-9)13(14,15)16/h5-7,10H,2-4H2,1H3. The molecule has 2 aromatic heterocycles. The fraction of sp³-hybridized carbons (Fsp3) is 0.462. The number of aromatic nitrogens is 1. The third-order valence-corrected chi connectivity index (χ3v) is 3.56. The van der Waals surface area contributed by atoms with Crippen molar-refractivity contribution in [3.63, 3.8) is 0 Å². The van der Waals surface area contributed by atoms with Crippen LogP contribution in [0.3, 0.4) is 0 Å². The molecule has 0 spiro atoms. The number of pyridine rings is 1. The molecule has 1 saturated heterocycles. The molecule has 3 nitrogen and oxygen atoms in total. The summed E-state index contributed by atoms with van der Waals surface area (Å²) in [7, 11) is 1.99. The fourth-order valence-electron chi connectivity index (χ4n) is 2.53. The average Bonchev–Trinajstić information content (AvgIpc) is 2.91. The minimum atomic E-state index is -4.39. The van der Waals surface area contributed by atoms with Gasteiger partial charge in [0, 0.05) is 12.3 Å². The van der Waals surface area contributed by atoms with Crippen molar-refractivity contribution in [3.05, 3.63) is 29.7 Å². The van der Waals surface area contributed by atoms with E-state index in [9.17, 15) is 13.2 Å². The highest BCUT2D eigenvalue weighted by Crippen LogP contribution is 2.35. The van der Waals surface area contributed by atoms with Gasteiger partial charge in [-0.1, -0.05) is 0 Å². The van der Waals surface area contributed by atoms with Crippen molar-refractivity contribution in [2.45, 2.75) is 25.1 Å². The van der Waals surface area contributed by atoms with E-state index in [4.69, 9.17) is 4.42 Å². The van der Waals surface area contributed by atoms with E-state index in [0.29, 0.717) is 11.3 Å². The quantitative estimate of drug-likeness (QED) is 0.792. The molecule has 0 amide bonds. The molecule has 2 aromatic rings. The van der Waals surface area contributed by atoms with E-state index in [-0.39, 0.29) is 11.6 Å². The van der Waals surface area contributed by atoms with Gasteiger partial charge < -0.3 is 4.42 Å². The zero-order chi connectivity index (χ0) is 13.6. The molecule has 1 fully saturated rings. The summed E-state index contributed by atoms with van der Waals surface area (Å²) >= 11 is 0. The highest BCUT2D eigenvalue weighted by atomic mass is 19.4.